The van der Waals surface area contributed by atoms with E-state index in [4.69, 9.17) is 0 Å². The summed E-state index contributed by atoms with van der Waals surface area (Å²) in [6.45, 7) is 4.28. The number of hydrogen-bond acceptors (Lipinski definition) is 2. The Morgan fingerprint density at radius 1 is 1.40 bits per heavy atom. The fourth-order valence-electron chi connectivity index (χ4n) is 2.36. The van der Waals surface area contributed by atoms with Crippen LogP contribution in [0.4, 0.5) is 4.39 Å². The van der Waals surface area contributed by atoms with E-state index in [2.05, 4.69) is 5.32 Å². The molecule has 2 amide bonds. The largest absolute Gasteiger partial charge is 0.342 e. The summed E-state index contributed by atoms with van der Waals surface area (Å²) in [5, 5.41) is 2.78. The molecule has 20 heavy (non-hydrogen) atoms. The van der Waals surface area contributed by atoms with Crippen molar-refractivity contribution in [2.75, 3.05) is 6.54 Å². The lowest BCUT2D eigenvalue weighted by Gasteiger charge is -2.31. The van der Waals surface area contributed by atoms with Crippen LogP contribution >= 0.6 is 0 Å². The van der Waals surface area contributed by atoms with Crippen LogP contribution in [0.1, 0.15) is 32.3 Å². The van der Waals surface area contributed by atoms with Gasteiger partial charge in [-0.15, -0.1) is 0 Å². The Morgan fingerprint density at radius 2 is 2.15 bits per heavy atom. The minimum Gasteiger partial charge on any atom is -0.342 e. The van der Waals surface area contributed by atoms with Crippen LogP contribution in [-0.2, 0) is 16.1 Å². The number of carbonyl (C=O) groups is 2. The molecule has 0 saturated carbocycles. The van der Waals surface area contributed by atoms with Gasteiger partial charge in [0.15, 0.2) is 0 Å². The average molecular weight is 278 g/mol. The lowest BCUT2D eigenvalue weighted by molar-refractivity contribution is -0.138. The highest BCUT2D eigenvalue weighted by Gasteiger charge is 2.38. The SMILES string of the molecule is CCC1(C)NC(=O)CCN(Cc2cccc(F)c2)C1=O. The maximum atomic E-state index is 13.2. The highest BCUT2D eigenvalue weighted by molar-refractivity contribution is 5.93. The molecule has 4 nitrogen and oxygen atoms in total. The highest BCUT2D eigenvalue weighted by Crippen LogP contribution is 2.19. The topological polar surface area (TPSA) is 49.4 Å². The number of hydrogen-bond donors (Lipinski definition) is 1. The van der Waals surface area contributed by atoms with Gasteiger partial charge in [-0.25, -0.2) is 4.39 Å². The van der Waals surface area contributed by atoms with Gasteiger partial charge in [-0.05, 0) is 31.0 Å². The van der Waals surface area contributed by atoms with Crippen molar-refractivity contribution in [3.05, 3.63) is 35.6 Å². The Kier molecular flexibility index (Phi) is 4.06. The Hall–Kier alpha value is -1.91. The zero-order chi connectivity index (χ0) is 14.8. The van der Waals surface area contributed by atoms with Gasteiger partial charge < -0.3 is 10.2 Å². The van der Waals surface area contributed by atoms with E-state index >= 15 is 0 Å². The van der Waals surface area contributed by atoms with Crippen LogP contribution in [0.2, 0.25) is 0 Å². The first-order valence-electron chi connectivity index (χ1n) is 6.79. The van der Waals surface area contributed by atoms with Crippen LogP contribution < -0.4 is 5.32 Å². The fourth-order valence-corrected chi connectivity index (χ4v) is 2.36. The molecule has 5 heteroatoms. The van der Waals surface area contributed by atoms with Gasteiger partial charge in [0, 0.05) is 19.5 Å². The van der Waals surface area contributed by atoms with E-state index in [1.54, 1.807) is 24.0 Å². The third-order valence-corrected chi connectivity index (χ3v) is 3.75. The number of benzene rings is 1. The van der Waals surface area contributed by atoms with E-state index in [0.29, 0.717) is 19.5 Å². The third kappa shape index (κ3) is 2.98. The number of rotatable bonds is 3. The lowest BCUT2D eigenvalue weighted by atomic mass is 9.97. The fraction of sp³-hybridized carbons (Fsp3) is 0.467. The van der Waals surface area contributed by atoms with Crippen molar-refractivity contribution in [3.63, 3.8) is 0 Å². The zero-order valence-electron chi connectivity index (χ0n) is 11.8. The second-order valence-corrected chi connectivity index (χ2v) is 5.34. The monoisotopic (exact) mass is 278 g/mol. The van der Waals surface area contributed by atoms with Crippen LogP contribution in [0.3, 0.4) is 0 Å². The van der Waals surface area contributed by atoms with Crippen molar-refractivity contribution >= 4 is 11.8 Å². The lowest BCUT2D eigenvalue weighted by Crippen LogP contribution is -2.54. The van der Waals surface area contributed by atoms with Crippen LogP contribution in [0.5, 0.6) is 0 Å². The number of nitrogens with zero attached hydrogens (tertiary/aromatic N) is 1. The molecular formula is C15H19FN2O2. The van der Waals surface area contributed by atoms with E-state index in [1.165, 1.54) is 12.1 Å². The van der Waals surface area contributed by atoms with Gasteiger partial charge in [-0.3, -0.25) is 9.59 Å². The maximum absolute atomic E-state index is 13.2. The molecule has 1 heterocycles. The number of halogens is 1. The second-order valence-electron chi connectivity index (χ2n) is 5.34. The van der Waals surface area contributed by atoms with Gasteiger partial charge in [0.25, 0.3) is 0 Å². The van der Waals surface area contributed by atoms with Gasteiger partial charge in [0.2, 0.25) is 11.8 Å². The molecule has 1 aromatic carbocycles. The second kappa shape index (κ2) is 5.61. The summed E-state index contributed by atoms with van der Waals surface area (Å²) in [5.41, 5.74) is -0.146. The molecule has 0 aromatic heterocycles. The van der Waals surface area contributed by atoms with Gasteiger partial charge in [0.1, 0.15) is 11.4 Å². The Morgan fingerprint density at radius 3 is 2.80 bits per heavy atom. The summed E-state index contributed by atoms with van der Waals surface area (Å²) in [5.74, 6) is -0.559. The summed E-state index contributed by atoms with van der Waals surface area (Å²) in [6, 6.07) is 6.18. The Balaban J connectivity index is 2.22. The molecular weight excluding hydrogens is 259 g/mol. The maximum Gasteiger partial charge on any atom is 0.248 e. The summed E-state index contributed by atoms with van der Waals surface area (Å²) < 4.78 is 13.2. The van der Waals surface area contributed by atoms with E-state index in [9.17, 15) is 14.0 Å². The molecule has 1 atom stereocenters. The summed E-state index contributed by atoms with van der Waals surface area (Å²) >= 11 is 0. The van der Waals surface area contributed by atoms with Crippen LogP contribution in [0.25, 0.3) is 0 Å². The first-order chi connectivity index (χ1) is 9.44. The van der Waals surface area contributed by atoms with Gasteiger partial charge in [-0.2, -0.15) is 0 Å². The van der Waals surface area contributed by atoms with Crippen LogP contribution in [0, 0.1) is 5.82 Å². The average Bonchev–Trinajstić information content (AvgIpc) is 2.51. The van der Waals surface area contributed by atoms with Crippen molar-refractivity contribution in [1.82, 2.24) is 10.2 Å². The predicted molar refractivity (Wildman–Crippen MR) is 73.3 cm³/mol. The van der Waals surface area contributed by atoms with Gasteiger partial charge in [0.05, 0.1) is 0 Å². The first kappa shape index (κ1) is 14.5. The van der Waals surface area contributed by atoms with E-state index < -0.39 is 5.54 Å². The number of amides is 2. The molecule has 1 aliphatic heterocycles. The Bertz CT molecular complexity index is 532. The molecule has 1 N–H and O–H groups in total. The molecule has 2 rings (SSSR count). The van der Waals surface area contributed by atoms with E-state index in [1.807, 2.05) is 6.92 Å². The minimum atomic E-state index is -0.874. The molecule has 1 aliphatic rings. The van der Waals surface area contributed by atoms with Crippen molar-refractivity contribution in [2.45, 2.75) is 38.8 Å². The number of nitrogens with one attached hydrogen (secondary N) is 1. The summed E-state index contributed by atoms with van der Waals surface area (Å²) in [7, 11) is 0. The molecule has 1 fully saturated rings. The molecule has 0 spiro atoms. The normalized spacial score (nSPS) is 23.4. The molecule has 1 aromatic rings. The first-order valence-corrected chi connectivity index (χ1v) is 6.79. The molecule has 1 unspecified atom stereocenters. The molecule has 0 bridgehead atoms. The standard InChI is InChI=1S/C15H19FN2O2/c1-3-15(2)14(20)18(8-7-13(19)17-15)10-11-5-4-6-12(16)9-11/h4-6,9H,3,7-8,10H2,1-2H3,(H,17,19). The van der Waals surface area contributed by atoms with Crippen molar-refractivity contribution in [3.8, 4) is 0 Å². The molecule has 1 saturated heterocycles. The Labute approximate surface area is 118 Å². The molecule has 0 aliphatic carbocycles. The van der Waals surface area contributed by atoms with Gasteiger partial charge in [-0.1, -0.05) is 19.1 Å². The highest BCUT2D eigenvalue weighted by atomic mass is 19.1. The molecule has 108 valence electrons. The quantitative estimate of drug-likeness (QED) is 0.917. The van der Waals surface area contributed by atoms with Crippen LogP contribution in [-0.4, -0.2) is 28.8 Å². The van der Waals surface area contributed by atoms with Crippen molar-refractivity contribution < 1.29 is 14.0 Å². The number of carbonyl (C=O) groups excluding carboxylic acids is 2. The predicted octanol–water partition coefficient (Wildman–Crippen LogP) is 1.84. The van der Waals surface area contributed by atoms with Gasteiger partial charge >= 0.3 is 0 Å². The van der Waals surface area contributed by atoms with Crippen molar-refractivity contribution in [2.24, 2.45) is 0 Å². The molecule has 0 radical (unpaired) electrons. The summed E-state index contributed by atoms with van der Waals surface area (Å²) in [6.07, 6.45) is 0.799. The third-order valence-electron chi connectivity index (χ3n) is 3.75. The minimum absolute atomic E-state index is 0.116. The van der Waals surface area contributed by atoms with Crippen molar-refractivity contribution in [1.29, 1.82) is 0 Å². The van der Waals surface area contributed by atoms with E-state index in [-0.39, 0.29) is 24.1 Å². The smallest absolute Gasteiger partial charge is 0.248 e. The van der Waals surface area contributed by atoms with E-state index in [0.717, 1.165) is 5.56 Å². The zero-order valence-corrected chi connectivity index (χ0v) is 11.8. The van der Waals surface area contributed by atoms with Crippen LogP contribution in [0.15, 0.2) is 24.3 Å². The summed E-state index contributed by atoms with van der Waals surface area (Å²) in [4.78, 5) is 25.9.